The second-order valence-electron chi connectivity index (χ2n) is 4.84. The second-order valence-corrected chi connectivity index (χ2v) is 5.83. The van der Waals surface area contributed by atoms with Crippen molar-refractivity contribution < 1.29 is 4.79 Å². The Labute approximate surface area is 132 Å². The highest BCUT2D eigenvalue weighted by Gasteiger charge is 2.19. The van der Waals surface area contributed by atoms with Gasteiger partial charge in [0.15, 0.2) is 0 Å². The molecule has 3 nitrogen and oxygen atoms in total. The van der Waals surface area contributed by atoms with Gasteiger partial charge in [0.25, 0.3) is 0 Å². The monoisotopic (exact) mass is 316 g/mol. The Morgan fingerprint density at radius 2 is 1.95 bits per heavy atom. The van der Waals surface area contributed by atoms with Crippen LogP contribution in [-0.4, -0.2) is 24.0 Å². The number of amides is 1. The summed E-state index contributed by atoms with van der Waals surface area (Å²) in [6, 6.07) is 7.55. The molecule has 1 aromatic rings. The van der Waals surface area contributed by atoms with Crippen LogP contribution in [0.15, 0.2) is 24.3 Å². The quantitative estimate of drug-likeness (QED) is 0.811. The Morgan fingerprint density at radius 1 is 1.35 bits per heavy atom. The van der Waals surface area contributed by atoms with Crippen LogP contribution in [0.1, 0.15) is 25.8 Å². The van der Waals surface area contributed by atoms with Gasteiger partial charge >= 0.3 is 0 Å². The summed E-state index contributed by atoms with van der Waals surface area (Å²) in [6.45, 7) is 4.04. The number of hydrogen-bond donors (Lipinski definition) is 2. The molecule has 0 aliphatic rings. The van der Waals surface area contributed by atoms with E-state index in [4.69, 9.17) is 5.73 Å². The third kappa shape index (κ3) is 6.16. The zero-order valence-electron chi connectivity index (χ0n) is 12.4. The highest BCUT2D eigenvalue weighted by atomic mass is 35.5. The number of carbonyl (C=O) groups is 1. The van der Waals surface area contributed by atoms with Crippen LogP contribution in [0.2, 0.25) is 0 Å². The zero-order chi connectivity index (χ0) is 14.3. The second kappa shape index (κ2) is 10.1. The van der Waals surface area contributed by atoms with E-state index in [2.05, 4.69) is 23.7 Å². The topological polar surface area (TPSA) is 55.1 Å². The Bertz CT molecular complexity index is 397. The first-order valence-electron chi connectivity index (χ1n) is 6.72. The summed E-state index contributed by atoms with van der Waals surface area (Å²) in [5.41, 5.74) is 8.01. The predicted molar refractivity (Wildman–Crippen MR) is 91.8 cm³/mol. The summed E-state index contributed by atoms with van der Waals surface area (Å²) in [5.74, 6) is 1.21. The normalized spacial score (nSPS) is 13.2. The van der Waals surface area contributed by atoms with Gasteiger partial charge in [-0.25, -0.2) is 0 Å². The summed E-state index contributed by atoms with van der Waals surface area (Å²) in [6.07, 6.45) is 4.06. The first-order chi connectivity index (χ1) is 9.08. The van der Waals surface area contributed by atoms with E-state index in [1.54, 1.807) is 0 Å². The van der Waals surface area contributed by atoms with Gasteiger partial charge < -0.3 is 11.1 Å². The third-order valence-corrected chi connectivity index (χ3v) is 3.99. The number of aryl methyl sites for hydroxylation is 1. The minimum atomic E-state index is -0.443. The van der Waals surface area contributed by atoms with E-state index in [9.17, 15) is 4.79 Å². The molecule has 0 saturated heterocycles. The number of halogens is 1. The molecule has 3 N–H and O–H groups in total. The van der Waals surface area contributed by atoms with Gasteiger partial charge in [0, 0.05) is 5.69 Å². The first kappa shape index (κ1) is 19.3. The molecule has 2 unspecified atom stereocenters. The van der Waals surface area contributed by atoms with E-state index in [0.717, 1.165) is 24.3 Å². The number of anilines is 1. The van der Waals surface area contributed by atoms with Crippen molar-refractivity contribution in [3.63, 3.8) is 0 Å². The summed E-state index contributed by atoms with van der Waals surface area (Å²) in [4.78, 5) is 11.9. The molecule has 0 aromatic heterocycles. The van der Waals surface area contributed by atoms with Gasteiger partial charge in [0.05, 0.1) is 6.04 Å². The summed E-state index contributed by atoms with van der Waals surface area (Å²) in [7, 11) is 0. The van der Waals surface area contributed by atoms with Crippen LogP contribution in [0, 0.1) is 5.92 Å². The molecule has 1 aromatic carbocycles. The molecule has 0 spiro atoms. The van der Waals surface area contributed by atoms with E-state index < -0.39 is 6.04 Å². The van der Waals surface area contributed by atoms with Gasteiger partial charge in [-0.3, -0.25) is 4.79 Å². The zero-order valence-corrected chi connectivity index (χ0v) is 14.0. The minimum absolute atomic E-state index is 0. The average molecular weight is 317 g/mol. The van der Waals surface area contributed by atoms with Crippen molar-refractivity contribution >= 4 is 35.8 Å². The molecular weight excluding hydrogens is 292 g/mol. The number of carbonyl (C=O) groups excluding carboxylic acids is 1. The smallest absolute Gasteiger partial charge is 0.241 e. The van der Waals surface area contributed by atoms with Crippen molar-refractivity contribution in [2.24, 2.45) is 11.7 Å². The van der Waals surface area contributed by atoms with E-state index in [1.165, 1.54) is 5.56 Å². The summed E-state index contributed by atoms with van der Waals surface area (Å²) >= 11 is 1.83. The summed E-state index contributed by atoms with van der Waals surface area (Å²) < 4.78 is 0. The molecule has 2 atom stereocenters. The number of benzene rings is 1. The molecule has 0 heterocycles. The molecule has 0 radical (unpaired) electrons. The number of hydrogen-bond acceptors (Lipinski definition) is 3. The Hall–Kier alpha value is -0.710. The molecule has 0 aliphatic heterocycles. The van der Waals surface area contributed by atoms with Gasteiger partial charge in [-0.2, -0.15) is 11.8 Å². The first-order valence-corrected chi connectivity index (χ1v) is 8.12. The van der Waals surface area contributed by atoms with E-state index in [-0.39, 0.29) is 24.2 Å². The number of nitrogens with two attached hydrogens (primary N) is 1. The number of nitrogens with one attached hydrogen (secondary N) is 1. The van der Waals surface area contributed by atoms with Crippen molar-refractivity contribution in [1.29, 1.82) is 0 Å². The van der Waals surface area contributed by atoms with Crippen molar-refractivity contribution in [2.45, 2.75) is 32.7 Å². The molecule has 0 saturated carbocycles. The number of rotatable bonds is 7. The maximum atomic E-state index is 11.9. The molecular formula is C15H25ClN2OS. The fourth-order valence-corrected chi connectivity index (χ4v) is 2.15. The molecule has 0 fully saturated rings. The molecule has 20 heavy (non-hydrogen) atoms. The highest BCUT2D eigenvalue weighted by molar-refractivity contribution is 7.98. The van der Waals surface area contributed by atoms with Crippen molar-refractivity contribution in [1.82, 2.24) is 0 Å². The fourth-order valence-electron chi connectivity index (χ4n) is 1.71. The van der Waals surface area contributed by atoms with Crippen LogP contribution in [-0.2, 0) is 11.2 Å². The molecule has 114 valence electrons. The lowest BCUT2D eigenvalue weighted by Gasteiger charge is -2.17. The Balaban J connectivity index is 0.00000361. The Morgan fingerprint density at radius 3 is 2.45 bits per heavy atom. The molecule has 0 bridgehead atoms. The largest absolute Gasteiger partial charge is 0.325 e. The van der Waals surface area contributed by atoms with Gasteiger partial charge in [0.2, 0.25) is 5.91 Å². The van der Waals surface area contributed by atoms with Gasteiger partial charge in [-0.15, -0.1) is 12.4 Å². The van der Waals surface area contributed by atoms with Crippen LogP contribution in [0.4, 0.5) is 5.69 Å². The van der Waals surface area contributed by atoms with Gasteiger partial charge in [-0.1, -0.05) is 32.4 Å². The van der Waals surface area contributed by atoms with Crippen molar-refractivity contribution in [3.05, 3.63) is 29.8 Å². The van der Waals surface area contributed by atoms with Crippen LogP contribution < -0.4 is 11.1 Å². The standard InChI is InChI=1S/C15H24N2OS.ClH/c1-4-11(2)14(16)15(18)17-13-7-5-12(6-8-13)9-10-19-3;/h5-8,11,14H,4,9-10,16H2,1-3H3,(H,17,18);1H. The van der Waals surface area contributed by atoms with E-state index >= 15 is 0 Å². The van der Waals surface area contributed by atoms with Crippen LogP contribution >= 0.6 is 24.2 Å². The minimum Gasteiger partial charge on any atom is -0.325 e. The third-order valence-electron chi connectivity index (χ3n) is 3.38. The van der Waals surface area contributed by atoms with Crippen LogP contribution in [0.5, 0.6) is 0 Å². The summed E-state index contributed by atoms with van der Waals surface area (Å²) in [5, 5.41) is 2.87. The predicted octanol–water partition coefficient (Wildman–Crippen LogP) is 3.33. The average Bonchev–Trinajstić information content (AvgIpc) is 2.44. The van der Waals surface area contributed by atoms with Gasteiger partial charge in [-0.05, 0) is 42.0 Å². The maximum absolute atomic E-state index is 11.9. The lowest BCUT2D eigenvalue weighted by atomic mass is 9.99. The van der Waals surface area contributed by atoms with Gasteiger partial charge in [0.1, 0.15) is 0 Å². The lowest BCUT2D eigenvalue weighted by molar-refractivity contribution is -0.118. The van der Waals surface area contributed by atoms with Crippen molar-refractivity contribution in [2.75, 3.05) is 17.3 Å². The van der Waals surface area contributed by atoms with Crippen LogP contribution in [0.3, 0.4) is 0 Å². The lowest BCUT2D eigenvalue weighted by Crippen LogP contribution is -2.40. The fraction of sp³-hybridized carbons (Fsp3) is 0.533. The molecule has 1 amide bonds. The molecule has 1 rings (SSSR count). The van der Waals surface area contributed by atoms with E-state index in [0.29, 0.717) is 0 Å². The van der Waals surface area contributed by atoms with E-state index in [1.807, 2.05) is 37.7 Å². The van der Waals surface area contributed by atoms with Crippen LogP contribution in [0.25, 0.3) is 0 Å². The van der Waals surface area contributed by atoms with Crippen molar-refractivity contribution in [3.8, 4) is 0 Å². The number of thioether (sulfide) groups is 1. The Kier molecular flexibility index (Phi) is 9.72. The highest BCUT2D eigenvalue weighted by Crippen LogP contribution is 2.13. The molecule has 5 heteroatoms. The SMILES string of the molecule is CCC(C)C(N)C(=O)Nc1ccc(CCSC)cc1.Cl. The molecule has 0 aliphatic carbocycles. The maximum Gasteiger partial charge on any atom is 0.241 e.